The van der Waals surface area contributed by atoms with E-state index >= 15 is 0 Å². The number of hydrogen-bond donors (Lipinski definition) is 2. The summed E-state index contributed by atoms with van der Waals surface area (Å²) < 4.78 is 23.8. The lowest BCUT2D eigenvalue weighted by atomic mass is 10.2. The topological polar surface area (TPSA) is 59.6 Å². The lowest BCUT2D eigenvalue weighted by Crippen LogP contribution is -2.22. The van der Waals surface area contributed by atoms with E-state index in [9.17, 15) is 9.18 Å². The Bertz CT molecular complexity index is 740. The molecule has 0 heterocycles. The van der Waals surface area contributed by atoms with Gasteiger partial charge in [0.1, 0.15) is 17.3 Å². The Morgan fingerprint density at radius 1 is 1.16 bits per heavy atom. The highest BCUT2D eigenvalue weighted by molar-refractivity contribution is 6.32. The fraction of sp³-hybridized carbons (Fsp3) is 0.278. The van der Waals surface area contributed by atoms with Gasteiger partial charge in [-0.05, 0) is 6.07 Å². The van der Waals surface area contributed by atoms with Crippen LogP contribution in [0, 0.1) is 5.82 Å². The molecule has 0 fully saturated rings. The monoisotopic (exact) mass is 366 g/mol. The molecule has 0 spiro atoms. The van der Waals surface area contributed by atoms with Crippen molar-refractivity contribution in [2.24, 2.45) is 0 Å². The van der Waals surface area contributed by atoms with Crippen LogP contribution in [-0.2, 0) is 11.3 Å². The molecule has 2 aromatic rings. The van der Waals surface area contributed by atoms with Crippen LogP contribution < -0.4 is 20.1 Å². The van der Waals surface area contributed by atoms with Crippen LogP contribution in [0.3, 0.4) is 0 Å². The van der Waals surface area contributed by atoms with E-state index in [1.807, 2.05) is 0 Å². The first-order valence-electron chi connectivity index (χ1n) is 7.70. The van der Waals surface area contributed by atoms with Gasteiger partial charge in [0.25, 0.3) is 0 Å². The molecule has 0 aromatic heterocycles. The quantitative estimate of drug-likeness (QED) is 0.701. The number of carbonyl (C=O) groups excluding carboxylic acids is 1. The van der Waals surface area contributed by atoms with E-state index in [-0.39, 0.29) is 18.1 Å². The van der Waals surface area contributed by atoms with Crippen molar-refractivity contribution in [2.45, 2.75) is 13.0 Å². The van der Waals surface area contributed by atoms with Gasteiger partial charge in [-0.2, -0.15) is 0 Å². The highest BCUT2D eigenvalue weighted by Crippen LogP contribution is 2.35. The van der Waals surface area contributed by atoms with Gasteiger partial charge < -0.3 is 20.1 Å². The number of rotatable bonds is 8. The van der Waals surface area contributed by atoms with E-state index in [1.165, 1.54) is 20.3 Å². The summed E-state index contributed by atoms with van der Waals surface area (Å²) in [5.74, 6) is 0.412. The zero-order chi connectivity index (χ0) is 18.2. The largest absolute Gasteiger partial charge is 0.495 e. The summed E-state index contributed by atoms with van der Waals surface area (Å²) >= 11 is 6.03. The lowest BCUT2D eigenvalue weighted by molar-refractivity contribution is -0.116. The second-order valence-corrected chi connectivity index (χ2v) is 5.66. The second-order valence-electron chi connectivity index (χ2n) is 5.25. The fourth-order valence-electron chi connectivity index (χ4n) is 2.24. The van der Waals surface area contributed by atoms with Crippen LogP contribution >= 0.6 is 11.6 Å². The van der Waals surface area contributed by atoms with Gasteiger partial charge in [0.2, 0.25) is 5.91 Å². The average Bonchev–Trinajstić information content (AvgIpc) is 2.61. The molecule has 25 heavy (non-hydrogen) atoms. The number of methoxy groups -OCH3 is 2. The van der Waals surface area contributed by atoms with E-state index < -0.39 is 0 Å². The predicted octanol–water partition coefficient (Wildman–Crippen LogP) is 3.61. The van der Waals surface area contributed by atoms with Crippen LogP contribution in [0.25, 0.3) is 0 Å². The van der Waals surface area contributed by atoms with Crippen molar-refractivity contribution in [3.05, 3.63) is 52.8 Å². The third kappa shape index (κ3) is 5.34. The van der Waals surface area contributed by atoms with E-state index in [2.05, 4.69) is 10.6 Å². The van der Waals surface area contributed by atoms with Gasteiger partial charge in [-0.1, -0.05) is 29.8 Å². The van der Waals surface area contributed by atoms with Gasteiger partial charge in [-0.15, -0.1) is 0 Å². The minimum absolute atomic E-state index is 0.205. The minimum Gasteiger partial charge on any atom is -0.495 e. The molecule has 2 rings (SSSR count). The molecule has 0 bridgehead atoms. The van der Waals surface area contributed by atoms with Crippen LogP contribution in [0.1, 0.15) is 12.0 Å². The molecular formula is C18H20ClFN2O3. The first kappa shape index (κ1) is 19.0. The Labute approximate surface area is 151 Å². The van der Waals surface area contributed by atoms with E-state index in [1.54, 1.807) is 30.3 Å². The Morgan fingerprint density at radius 2 is 1.88 bits per heavy atom. The van der Waals surface area contributed by atoms with Crippen molar-refractivity contribution in [1.29, 1.82) is 0 Å². The fourth-order valence-corrected chi connectivity index (χ4v) is 2.47. The van der Waals surface area contributed by atoms with Crippen molar-refractivity contribution < 1.29 is 18.7 Å². The van der Waals surface area contributed by atoms with Crippen molar-refractivity contribution in [3.63, 3.8) is 0 Å². The zero-order valence-corrected chi connectivity index (χ0v) is 14.8. The Morgan fingerprint density at radius 3 is 2.56 bits per heavy atom. The van der Waals surface area contributed by atoms with Crippen LogP contribution in [-0.4, -0.2) is 26.7 Å². The molecule has 0 saturated heterocycles. The first-order valence-corrected chi connectivity index (χ1v) is 8.08. The van der Waals surface area contributed by atoms with Crippen LogP contribution in [0.2, 0.25) is 5.02 Å². The maximum atomic E-state index is 13.5. The maximum Gasteiger partial charge on any atom is 0.225 e. The summed E-state index contributed by atoms with van der Waals surface area (Å²) in [5.41, 5.74) is 1.04. The average molecular weight is 367 g/mol. The highest BCUT2D eigenvalue weighted by atomic mass is 35.5. The summed E-state index contributed by atoms with van der Waals surface area (Å²) in [6.45, 7) is 0.769. The summed E-state index contributed by atoms with van der Waals surface area (Å²) in [6, 6.07) is 9.70. The Balaban J connectivity index is 1.87. The van der Waals surface area contributed by atoms with E-state index in [0.717, 1.165) is 0 Å². The second kappa shape index (κ2) is 9.25. The SMILES string of the molecule is COc1cc(NC(=O)CCNCc2ccccc2F)c(OC)cc1Cl. The standard InChI is InChI=1S/C18H20ClFN2O3/c1-24-16-10-15(17(25-2)9-13(16)19)22-18(23)7-8-21-11-12-5-3-4-6-14(12)20/h3-6,9-10,21H,7-8,11H2,1-2H3,(H,22,23). The third-order valence-corrected chi connectivity index (χ3v) is 3.85. The van der Waals surface area contributed by atoms with Gasteiger partial charge in [0.05, 0.1) is 24.9 Å². The normalized spacial score (nSPS) is 10.4. The van der Waals surface area contributed by atoms with Gasteiger partial charge in [0, 0.05) is 37.2 Å². The summed E-state index contributed by atoms with van der Waals surface area (Å²) in [7, 11) is 2.98. The molecule has 2 N–H and O–H groups in total. The van der Waals surface area contributed by atoms with Gasteiger partial charge in [-0.25, -0.2) is 4.39 Å². The van der Waals surface area contributed by atoms with Crippen LogP contribution in [0.4, 0.5) is 10.1 Å². The smallest absolute Gasteiger partial charge is 0.225 e. The van der Waals surface area contributed by atoms with E-state index in [0.29, 0.717) is 40.9 Å². The molecule has 2 aromatic carbocycles. The number of hydrogen-bond acceptors (Lipinski definition) is 4. The number of benzene rings is 2. The molecule has 0 radical (unpaired) electrons. The first-order chi connectivity index (χ1) is 12.0. The maximum absolute atomic E-state index is 13.5. The molecule has 0 saturated carbocycles. The van der Waals surface area contributed by atoms with Crippen molar-refractivity contribution in [2.75, 3.05) is 26.1 Å². The van der Waals surface area contributed by atoms with Crippen molar-refractivity contribution in [1.82, 2.24) is 5.32 Å². The van der Waals surface area contributed by atoms with Crippen molar-refractivity contribution >= 4 is 23.2 Å². The lowest BCUT2D eigenvalue weighted by Gasteiger charge is -2.13. The molecule has 0 atom stereocenters. The van der Waals surface area contributed by atoms with Gasteiger partial charge in [0.15, 0.2) is 0 Å². The zero-order valence-electron chi connectivity index (χ0n) is 14.1. The minimum atomic E-state index is -0.266. The molecule has 5 nitrogen and oxygen atoms in total. The highest BCUT2D eigenvalue weighted by Gasteiger charge is 2.12. The number of anilines is 1. The number of halogens is 2. The summed E-state index contributed by atoms with van der Waals surface area (Å²) in [6.07, 6.45) is 0.225. The molecule has 134 valence electrons. The Hall–Kier alpha value is -2.31. The van der Waals surface area contributed by atoms with Crippen LogP contribution in [0.15, 0.2) is 36.4 Å². The number of ether oxygens (including phenoxy) is 2. The predicted molar refractivity (Wildman–Crippen MR) is 95.9 cm³/mol. The molecule has 1 amide bonds. The molecule has 0 aliphatic heterocycles. The molecule has 0 aliphatic carbocycles. The van der Waals surface area contributed by atoms with Crippen LogP contribution in [0.5, 0.6) is 11.5 Å². The molecular weight excluding hydrogens is 347 g/mol. The third-order valence-electron chi connectivity index (χ3n) is 3.55. The molecule has 0 aliphatic rings. The summed E-state index contributed by atoms with van der Waals surface area (Å²) in [4.78, 5) is 12.1. The number of nitrogens with one attached hydrogen (secondary N) is 2. The van der Waals surface area contributed by atoms with Crippen molar-refractivity contribution in [3.8, 4) is 11.5 Å². The molecule has 7 heteroatoms. The number of amides is 1. The van der Waals surface area contributed by atoms with Gasteiger partial charge >= 0.3 is 0 Å². The van der Waals surface area contributed by atoms with Gasteiger partial charge in [-0.3, -0.25) is 4.79 Å². The number of carbonyl (C=O) groups is 1. The Kier molecular flexibility index (Phi) is 7.03. The van der Waals surface area contributed by atoms with E-state index in [4.69, 9.17) is 21.1 Å². The summed E-state index contributed by atoms with van der Waals surface area (Å²) in [5, 5.41) is 6.19. The molecule has 0 unspecified atom stereocenters.